The number of benzene rings is 2. The summed E-state index contributed by atoms with van der Waals surface area (Å²) in [6.07, 6.45) is 2.64. The van der Waals surface area contributed by atoms with Gasteiger partial charge in [0.05, 0.1) is 9.80 Å². The van der Waals surface area contributed by atoms with Gasteiger partial charge in [-0.05, 0) is 43.0 Å². The van der Waals surface area contributed by atoms with Gasteiger partial charge in [0.15, 0.2) is 0 Å². The van der Waals surface area contributed by atoms with Crippen LogP contribution in [0.3, 0.4) is 0 Å². The number of hydrogen-bond acceptors (Lipinski definition) is 5. The predicted molar refractivity (Wildman–Crippen MR) is 115 cm³/mol. The van der Waals surface area contributed by atoms with Gasteiger partial charge >= 0.3 is 0 Å². The molecule has 0 atom stereocenters. The molecule has 0 radical (unpaired) electrons. The molecule has 160 valence electrons. The molecule has 1 aliphatic carbocycles. The fourth-order valence-corrected chi connectivity index (χ4v) is 4.86. The molecule has 0 unspecified atom stereocenters. The van der Waals surface area contributed by atoms with Gasteiger partial charge in [0, 0.05) is 24.4 Å². The van der Waals surface area contributed by atoms with Crippen molar-refractivity contribution in [3.63, 3.8) is 0 Å². The molecule has 0 spiro atoms. The molecule has 0 saturated heterocycles. The molecule has 2 aromatic carbocycles. The Morgan fingerprint density at radius 1 is 0.900 bits per heavy atom. The summed E-state index contributed by atoms with van der Waals surface area (Å²) in [5, 5.41) is 0. The quantitative estimate of drug-likeness (QED) is 0.619. The van der Waals surface area contributed by atoms with E-state index >= 15 is 0 Å². The number of hydrogen-bond donors (Lipinski definition) is 2. The van der Waals surface area contributed by atoms with Crippen LogP contribution in [0.1, 0.15) is 30.9 Å². The molecular weight excluding hydrogens is 426 g/mol. The lowest BCUT2D eigenvalue weighted by molar-refractivity contribution is 0.366. The van der Waals surface area contributed by atoms with Crippen molar-refractivity contribution in [2.45, 2.75) is 31.2 Å². The van der Waals surface area contributed by atoms with E-state index in [0.717, 1.165) is 5.56 Å². The highest BCUT2D eigenvalue weighted by atomic mass is 32.2. The lowest BCUT2D eigenvalue weighted by atomic mass is 9.94. The standard InChI is InChI=1S/C21H23NO6S2/c1-2-22(15-16-11-13-18(14-12-16)29(23,24)25)19-9-6-10-20(30(26,27)28)21(19)17-7-4-3-5-8-17/h3-5,7-9,11-14H,2,6,10,15H2,1H3,(H,23,24,25)(H,26,27,28). The lowest BCUT2D eigenvalue weighted by Crippen LogP contribution is -2.26. The summed E-state index contributed by atoms with van der Waals surface area (Å²) < 4.78 is 65.6. The lowest BCUT2D eigenvalue weighted by Gasteiger charge is -2.31. The molecule has 2 aromatic rings. The van der Waals surface area contributed by atoms with Crippen LogP contribution in [-0.2, 0) is 26.8 Å². The van der Waals surface area contributed by atoms with Gasteiger partial charge in [0.25, 0.3) is 20.2 Å². The Balaban J connectivity index is 2.02. The van der Waals surface area contributed by atoms with Crippen LogP contribution in [0.25, 0.3) is 5.57 Å². The zero-order valence-electron chi connectivity index (χ0n) is 16.4. The molecule has 0 aliphatic heterocycles. The molecule has 0 aromatic heterocycles. The van der Waals surface area contributed by atoms with Crippen molar-refractivity contribution in [2.75, 3.05) is 6.54 Å². The van der Waals surface area contributed by atoms with Gasteiger partial charge in [-0.25, -0.2) is 0 Å². The highest BCUT2D eigenvalue weighted by Crippen LogP contribution is 2.38. The van der Waals surface area contributed by atoms with E-state index in [4.69, 9.17) is 4.55 Å². The second-order valence-corrected chi connectivity index (χ2v) is 9.76. The Bertz CT molecular complexity index is 1180. The van der Waals surface area contributed by atoms with Gasteiger partial charge in [0.2, 0.25) is 0 Å². The van der Waals surface area contributed by atoms with Crippen molar-refractivity contribution < 1.29 is 25.9 Å². The van der Waals surface area contributed by atoms with Crippen LogP contribution in [0.2, 0.25) is 0 Å². The highest BCUT2D eigenvalue weighted by molar-refractivity contribution is 7.90. The van der Waals surface area contributed by atoms with E-state index in [9.17, 15) is 21.4 Å². The molecular formula is C21H23NO6S2. The Labute approximate surface area is 176 Å². The molecule has 0 amide bonds. The monoisotopic (exact) mass is 449 g/mol. The van der Waals surface area contributed by atoms with Crippen molar-refractivity contribution in [1.29, 1.82) is 0 Å². The second kappa shape index (κ2) is 8.73. The summed E-state index contributed by atoms with van der Waals surface area (Å²) in [4.78, 5) is 1.77. The van der Waals surface area contributed by atoms with Crippen LogP contribution in [-0.4, -0.2) is 37.4 Å². The first-order valence-electron chi connectivity index (χ1n) is 9.39. The summed E-state index contributed by atoms with van der Waals surface area (Å²) in [6.45, 7) is 2.88. The Hall–Kier alpha value is -2.46. The largest absolute Gasteiger partial charge is 0.367 e. The summed E-state index contributed by atoms with van der Waals surface area (Å²) in [7, 11) is -8.64. The third kappa shape index (κ3) is 4.99. The summed E-state index contributed by atoms with van der Waals surface area (Å²) >= 11 is 0. The van der Waals surface area contributed by atoms with Gasteiger partial charge < -0.3 is 4.90 Å². The van der Waals surface area contributed by atoms with E-state index in [-0.39, 0.29) is 16.2 Å². The summed E-state index contributed by atoms with van der Waals surface area (Å²) in [5.74, 6) is 0. The van der Waals surface area contributed by atoms with Crippen LogP contribution < -0.4 is 0 Å². The first-order valence-corrected chi connectivity index (χ1v) is 12.3. The van der Waals surface area contributed by atoms with Gasteiger partial charge in [-0.15, -0.1) is 0 Å². The van der Waals surface area contributed by atoms with E-state index in [2.05, 4.69) is 0 Å². The molecule has 1 aliphatic rings. The molecule has 30 heavy (non-hydrogen) atoms. The molecule has 2 N–H and O–H groups in total. The Kier molecular flexibility index (Phi) is 6.47. The van der Waals surface area contributed by atoms with Crippen LogP contribution in [0.5, 0.6) is 0 Å². The van der Waals surface area contributed by atoms with Crippen molar-refractivity contribution in [1.82, 2.24) is 4.90 Å². The Morgan fingerprint density at radius 3 is 2.07 bits per heavy atom. The van der Waals surface area contributed by atoms with Gasteiger partial charge in [0.1, 0.15) is 0 Å². The summed E-state index contributed by atoms with van der Waals surface area (Å²) in [6, 6.07) is 14.9. The SMILES string of the molecule is CCN(Cc1ccc(S(=O)(=O)O)cc1)C1=CCCC(S(=O)(=O)O)=C1c1ccccc1. The number of allylic oxidation sites excluding steroid dienone is 3. The fourth-order valence-electron chi connectivity index (χ4n) is 3.52. The van der Waals surface area contributed by atoms with Gasteiger partial charge in [-0.1, -0.05) is 48.5 Å². The third-order valence-corrected chi connectivity index (χ3v) is 6.83. The average Bonchev–Trinajstić information content (AvgIpc) is 2.71. The third-order valence-electron chi connectivity index (χ3n) is 4.93. The van der Waals surface area contributed by atoms with E-state index in [1.165, 1.54) is 12.1 Å². The minimum absolute atomic E-state index is 0.00799. The molecule has 0 heterocycles. The molecule has 9 heteroatoms. The minimum Gasteiger partial charge on any atom is -0.367 e. The zero-order valence-corrected chi connectivity index (χ0v) is 18.0. The highest BCUT2D eigenvalue weighted by Gasteiger charge is 2.28. The fraction of sp³-hybridized carbons (Fsp3) is 0.238. The van der Waals surface area contributed by atoms with Crippen molar-refractivity contribution in [3.05, 3.63) is 82.4 Å². The first-order chi connectivity index (χ1) is 14.1. The molecule has 3 rings (SSSR count). The van der Waals surface area contributed by atoms with Gasteiger partial charge in [-0.2, -0.15) is 16.8 Å². The smallest absolute Gasteiger partial charge is 0.294 e. The van der Waals surface area contributed by atoms with Crippen LogP contribution in [0, 0.1) is 0 Å². The minimum atomic E-state index is -4.38. The topological polar surface area (TPSA) is 112 Å². The maximum absolute atomic E-state index is 12.1. The number of likely N-dealkylation sites (N-methyl/N-ethyl adjacent to an activating group) is 1. The maximum Gasteiger partial charge on any atom is 0.294 e. The Morgan fingerprint density at radius 2 is 1.53 bits per heavy atom. The van der Waals surface area contributed by atoms with Crippen LogP contribution >= 0.6 is 0 Å². The van der Waals surface area contributed by atoms with E-state index in [0.29, 0.717) is 36.3 Å². The van der Waals surface area contributed by atoms with Crippen molar-refractivity contribution >= 4 is 25.8 Å². The van der Waals surface area contributed by atoms with E-state index in [1.807, 2.05) is 24.0 Å². The molecule has 0 bridgehead atoms. The average molecular weight is 450 g/mol. The maximum atomic E-state index is 12.1. The summed E-state index contributed by atoms with van der Waals surface area (Å²) in [5.41, 5.74) is 2.65. The normalized spacial score (nSPS) is 15.1. The van der Waals surface area contributed by atoms with Crippen molar-refractivity contribution in [2.24, 2.45) is 0 Å². The van der Waals surface area contributed by atoms with Crippen LogP contribution in [0.4, 0.5) is 0 Å². The van der Waals surface area contributed by atoms with E-state index < -0.39 is 20.2 Å². The molecule has 0 saturated carbocycles. The number of nitrogens with zero attached hydrogens (tertiary/aromatic N) is 1. The zero-order chi connectivity index (χ0) is 21.9. The number of rotatable bonds is 7. The predicted octanol–water partition coefficient (Wildman–Crippen LogP) is 3.73. The van der Waals surface area contributed by atoms with Crippen LogP contribution in [0.15, 0.2) is 76.2 Å². The van der Waals surface area contributed by atoms with Gasteiger partial charge in [-0.3, -0.25) is 9.11 Å². The first kappa shape index (κ1) is 22.2. The van der Waals surface area contributed by atoms with E-state index in [1.54, 1.807) is 36.4 Å². The van der Waals surface area contributed by atoms with Crippen molar-refractivity contribution in [3.8, 4) is 0 Å². The molecule has 0 fully saturated rings. The second-order valence-electron chi connectivity index (χ2n) is 6.90. The molecule has 7 nitrogen and oxygen atoms in total.